The van der Waals surface area contributed by atoms with E-state index in [1.54, 1.807) is 32.2 Å². The number of aryl methyl sites for hydroxylation is 1. The number of aromatic nitrogens is 3. The molecule has 0 N–H and O–H groups in total. The van der Waals surface area contributed by atoms with Crippen LogP contribution < -0.4 is 4.74 Å². The third-order valence-electron chi connectivity index (χ3n) is 5.28. The highest BCUT2D eigenvalue weighted by molar-refractivity contribution is 6.74. The summed E-state index contributed by atoms with van der Waals surface area (Å²) in [4.78, 5) is 15.1. The standard InChI is InChI=1S/C19H29FN4O4Si/c1-13-16(9-8-10-21-13)23-14(2)17(24(25)26)18(22-23)27-11-15(20)12-28-29(6,7)19(3,4)5/h8-10,15H,11-12H2,1-7H3. The van der Waals surface area contributed by atoms with Crippen LogP contribution in [0.2, 0.25) is 18.1 Å². The second-order valence-electron chi connectivity index (χ2n) is 8.50. The topological polar surface area (TPSA) is 92.3 Å². The molecule has 10 heteroatoms. The monoisotopic (exact) mass is 424 g/mol. The molecule has 2 aromatic rings. The Hall–Kier alpha value is -2.33. The van der Waals surface area contributed by atoms with E-state index in [1.807, 2.05) is 13.1 Å². The van der Waals surface area contributed by atoms with Gasteiger partial charge in [-0.2, -0.15) is 0 Å². The molecule has 8 nitrogen and oxygen atoms in total. The number of nitro groups is 1. The zero-order valence-electron chi connectivity index (χ0n) is 18.0. The van der Waals surface area contributed by atoms with Crippen molar-refractivity contribution >= 4 is 14.0 Å². The Kier molecular flexibility index (Phi) is 6.79. The maximum atomic E-state index is 14.4. The second-order valence-corrected chi connectivity index (χ2v) is 13.3. The SMILES string of the molecule is Cc1ncccc1-n1nc(OCC(F)CO[Si](C)(C)C(C)(C)C)c([N+](=O)[O-])c1C. The van der Waals surface area contributed by atoms with Crippen LogP contribution in [0.15, 0.2) is 18.3 Å². The fourth-order valence-corrected chi connectivity index (χ4v) is 3.47. The summed E-state index contributed by atoms with van der Waals surface area (Å²) in [7, 11) is -2.09. The minimum atomic E-state index is -2.09. The number of nitrogens with zero attached hydrogens (tertiary/aromatic N) is 4. The molecule has 0 aliphatic carbocycles. The van der Waals surface area contributed by atoms with Gasteiger partial charge in [0.2, 0.25) is 0 Å². The first-order chi connectivity index (χ1) is 13.3. The number of alkyl halides is 1. The summed E-state index contributed by atoms with van der Waals surface area (Å²) in [5.41, 5.74) is 1.26. The lowest BCUT2D eigenvalue weighted by atomic mass is 10.2. The molecule has 0 saturated heterocycles. The molecule has 0 aliphatic heterocycles. The number of pyridine rings is 1. The third kappa shape index (κ3) is 5.18. The van der Waals surface area contributed by atoms with Crippen molar-refractivity contribution in [3.63, 3.8) is 0 Å². The molecule has 0 amide bonds. The molecule has 0 bridgehead atoms. The summed E-state index contributed by atoms with van der Waals surface area (Å²) >= 11 is 0. The van der Waals surface area contributed by atoms with Gasteiger partial charge in [0.15, 0.2) is 14.5 Å². The first kappa shape index (κ1) is 23.0. The average Bonchev–Trinajstić information content (AvgIpc) is 2.94. The van der Waals surface area contributed by atoms with Crippen LogP contribution in [0, 0.1) is 24.0 Å². The van der Waals surface area contributed by atoms with Crippen LogP contribution in [0.1, 0.15) is 32.2 Å². The van der Waals surface area contributed by atoms with Crippen LogP contribution >= 0.6 is 0 Å². The molecule has 0 aliphatic rings. The Bertz CT molecular complexity index is 880. The number of halogens is 1. The van der Waals surface area contributed by atoms with Crippen molar-refractivity contribution in [3.05, 3.63) is 39.8 Å². The molecular formula is C19H29FN4O4Si. The van der Waals surface area contributed by atoms with Crippen molar-refractivity contribution in [2.45, 2.75) is 58.9 Å². The second kappa shape index (κ2) is 8.58. The summed E-state index contributed by atoms with van der Waals surface area (Å²) in [6.07, 6.45) is 0.203. The van der Waals surface area contributed by atoms with Gasteiger partial charge < -0.3 is 9.16 Å². The molecule has 2 rings (SSSR count). The number of rotatable bonds is 8. The number of ether oxygens (including phenoxy) is 1. The smallest absolute Gasteiger partial charge is 0.353 e. The van der Waals surface area contributed by atoms with Crippen LogP contribution in [0.5, 0.6) is 5.88 Å². The van der Waals surface area contributed by atoms with E-state index in [0.29, 0.717) is 11.4 Å². The van der Waals surface area contributed by atoms with Crippen LogP contribution in [0.25, 0.3) is 5.69 Å². The summed E-state index contributed by atoms with van der Waals surface area (Å²) < 4.78 is 27.0. The van der Waals surface area contributed by atoms with Gasteiger partial charge in [-0.3, -0.25) is 15.1 Å². The third-order valence-corrected chi connectivity index (χ3v) is 9.78. The average molecular weight is 425 g/mol. The minimum Gasteiger partial charge on any atom is -0.469 e. The summed E-state index contributed by atoms with van der Waals surface area (Å²) in [6.45, 7) is 13.1. The van der Waals surface area contributed by atoms with E-state index in [4.69, 9.17) is 9.16 Å². The first-order valence-electron chi connectivity index (χ1n) is 9.42. The van der Waals surface area contributed by atoms with Gasteiger partial charge in [0.1, 0.15) is 12.3 Å². The van der Waals surface area contributed by atoms with E-state index < -0.39 is 19.4 Å². The minimum absolute atomic E-state index is 0.0379. The zero-order valence-corrected chi connectivity index (χ0v) is 19.0. The summed E-state index contributed by atoms with van der Waals surface area (Å²) in [6, 6.07) is 3.46. The fourth-order valence-electron chi connectivity index (χ4n) is 2.44. The summed E-state index contributed by atoms with van der Waals surface area (Å²) in [5, 5.41) is 15.7. The molecule has 2 heterocycles. The predicted molar refractivity (Wildman–Crippen MR) is 111 cm³/mol. The maximum absolute atomic E-state index is 14.4. The Balaban J connectivity index is 2.16. The summed E-state index contributed by atoms with van der Waals surface area (Å²) in [5.74, 6) is -0.217. The van der Waals surface area contributed by atoms with Gasteiger partial charge in [0, 0.05) is 6.20 Å². The molecule has 29 heavy (non-hydrogen) atoms. The molecule has 2 aromatic heterocycles. The van der Waals surface area contributed by atoms with Gasteiger partial charge in [-0.05, 0) is 44.1 Å². The largest absolute Gasteiger partial charge is 0.469 e. The zero-order chi connectivity index (χ0) is 22.0. The molecule has 0 fully saturated rings. The van der Waals surface area contributed by atoms with E-state index >= 15 is 0 Å². The molecule has 160 valence electrons. The highest BCUT2D eigenvalue weighted by Crippen LogP contribution is 2.37. The van der Waals surface area contributed by atoms with Crippen LogP contribution in [-0.2, 0) is 4.43 Å². The van der Waals surface area contributed by atoms with Crippen molar-refractivity contribution in [2.75, 3.05) is 13.2 Å². The van der Waals surface area contributed by atoms with E-state index in [-0.39, 0.29) is 35.5 Å². The molecule has 0 aromatic carbocycles. The lowest BCUT2D eigenvalue weighted by Gasteiger charge is -2.36. The first-order valence-corrected chi connectivity index (χ1v) is 12.3. The maximum Gasteiger partial charge on any atom is 0.353 e. The lowest BCUT2D eigenvalue weighted by molar-refractivity contribution is -0.386. The Labute approximate surface area is 171 Å². The van der Waals surface area contributed by atoms with Gasteiger partial charge in [0.25, 0.3) is 0 Å². The van der Waals surface area contributed by atoms with E-state index in [0.717, 1.165) is 0 Å². The molecular weight excluding hydrogens is 395 g/mol. The molecule has 0 spiro atoms. The molecule has 1 atom stereocenters. The van der Waals surface area contributed by atoms with Gasteiger partial charge >= 0.3 is 11.6 Å². The van der Waals surface area contributed by atoms with E-state index in [2.05, 4.69) is 30.9 Å². The van der Waals surface area contributed by atoms with Gasteiger partial charge in [-0.25, -0.2) is 9.07 Å². The highest BCUT2D eigenvalue weighted by atomic mass is 28.4. The number of hydrogen-bond donors (Lipinski definition) is 0. The highest BCUT2D eigenvalue weighted by Gasteiger charge is 2.38. The van der Waals surface area contributed by atoms with Crippen LogP contribution in [0.3, 0.4) is 0 Å². The Morgan fingerprint density at radius 3 is 2.52 bits per heavy atom. The molecule has 0 saturated carbocycles. The van der Waals surface area contributed by atoms with E-state index in [1.165, 1.54) is 4.68 Å². The van der Waals surface area contributed by atoms with Crippen molar-refractivity contribution in [1.82, 2.24) is 14.8 Å². The van der Waals surface area contributed by atoms with Crippen molar-refractivity contribution < 1.29 is 18.5 Å². The van der Waals surface area contributed by atoms with Gasteiger partial charge in [0.05, 0.1) is 22.9 Å². The van der Waals surface area contributed by atoms with Crippen molar-refractivity contribution in [2.24, 2.45) is 0 Å². The predicted octanol–water partition coefficient (Wildman–Crippen LogP) is 4.53. The molecule has 1 unspecified atom stereocenters. The lowest BCUT2D eigenvalue weighted by Crippen LogP contribution is -2.42. The Morgan fingerprint density at radius 2 is 1.97 bits per heavy atom. The van der Waals surface area contributed by atoms with Gasteiger partial charge in [-0.15, -0.1) is 5.10 Å². The van der Waals surface area contributed by atoms with Crippen molar-refractivity contribution in [3.8, 4) is 11.6 Å². The van der Waals surface area contributed by atoms with Crippen LogP contribution in [-0.4, -0.2) is 47.4 Å². The van der Waals surface area contributed by atoms with E-state index in [9.17, 15) is 14.5 Å². The Morgan fingerprint density at radius 1 is 1.31 bits per heavy atom. The normalized spacial score (nSPS) is 13.4. The quantitative estimate of drug-likeness (QED) is 0.351. The van der Waals surface area contributed by atoms with Crippen molar-refractivity contribution in [1.29, 1.82) is 0 Å². The fraction of sp³-hybridized carbons (Fsp3) is 0.579. The number of hydrogen-bond acceptors (Lipinski definition) is 6. The van der Waals surface area contributed by atoms with Crippen LogP contribution in [0.4, 0.5) is 10.1 Å². The molecule has 0 radical (unpaired) electrons. The van der Waals surface area contributed by atoms with Gasteiger partial charge in [-0.1, -0.05) is 20.8 Å².